The first-order valence-electron chi connectivity index (χ1n) is 9.84. The average molecular weight is 502 g/mol. The van der Waals surface area contributed by atoms with E-state index in [4.69, 9.17) is 9.47 Å². The first-order valence-corrected chi connectivity index (χ1v) is 9.84. The molecule has 0 radical (unpaired) electrons. The molecule has 2 fully saturated rings. The van der Waals surface area contributed by atoms with Gasteiger partial charge in [0.15, 0.2) is 5.96 Å². The van der Waals surface area contributed by atoms with E-state index in [1.54, 1.807) is 7.05 Å². The third-order valence-electron chi connectivity index (χ3n) is 5.38. The van der Waals surface area contributed by atoms with Crippen molar-refractivity contribution in [2.24, 2.45) is 10.9 Å². The van der Waals surface area contributed by atoms with Crippen LogP contribution in [0.5, 0.6) is 5.88 Å². The summed E-state index contributed by atoms with van der Waals surface area (Å²) in [7, 11) is 3.23. The number of rotatable bonds is 5. The molecule has 1 aromatic rings. The highest BCUT2D eigenvalue weighted by molar-refractivity contribution is 14.0. The Hall–Kier alpha value is -1.58. The van der Waals surface area contributed by atoms with Gasteiger partial charge in [-0.3, -0.25) is 9.79 Å². The van der Waals surface area contributed by atoms with Gasteiger partial charge in [0.25, 0.3) is 0 Å². The van der Waals surface area contributed by atoms with Crippen LogP contribution in [0, 0.1) is 5.92 Å². The maximum absolute atomic E-state index is 11.7. The standard InChI is InChI=1S/C20H30N4O3.HI/c1-21-20(24-11-9-16(10-12-24)19(25)26-2)23-14-15-7-8-18(22-13-15)27-17-5-3-4-6-17;/h7-8,13,16-17H,3-6,9-12,14H2,1-2H3,(H,21,23);1H. The molecule has 8 heteroatoms. The maximum atomic E-state index is 11.7. The number of hydrogen-bond acceptors (Lipinski definition) is 5. The molecule has 28 heavy (non-hydrogen) atoms. The number of aliphatic imine (C=N–C) groups is 1. The maximum Gasteiger partial charge on any atom is 0.308 e. The van der Waals surface area contributed by atoms with Crippen LogP contribution in [0.4, 0.5) is 0 Å². The van der Waals surface area contributed by atoms with Crippen LogP contribution in [0.3, 0.4) is 0 Å². The van der Waals surface area contributed by atoms with Crippen molar-refractivity contribution in [1.29, 1.82) is 0 Å². The summed E-state index contributed by atoms with van der Waals surface area (Å²) in [5.74, 6) is 1.45. The van der Waals surface area contributed by atoms with E-state index in [0.29, 0.717) is 18.5 Å². The number of carbonyl (C=O) groups is 1. The Morgan fingerprint density at radius 2 is 1.96 bits per heavy atom. The first kappa shape index (κ1) is 22.7. The number of guanidine groups is 1. The number of piperidine rings is 1. The Balaban J connectivity index is 0.00000280. The van der Waals surface area contributed by atoms with Gasteiger partial charge in [-0.25, -0.2) is 4.98 Å². The number of halogens is 1. The number of methoxy groups -OCH3 is 1. The van der Waals surface area contributed by atoms with E-state index in [1.807, 2.05) is 18.3 Å². The smallest absolute Gasteiger partial charge is 0.308 e. The topological polar surface area (TPSA) is 76.1 Å². The van der Waals surface area contributed by atoms with Crippen LogP contribution >= 0.6 is 24.0 Å². The van der Waals surface area contributed by atoms with E-state index in [9.17, 15) is 4.79 Å². The number of nitrogens with zero attached hydrogens (tertiary/aromatic N) is 3. The Labute approximate surface area is 184 Å². The molecule has 156 valence electrons. The molecule has 1 aliphatic carbocycles. The van der Waals surface area contributed by atoms with Gasteiger partial charge < -0.3 is 19.7 Å². The van der Waals surface area contributed by atoms with Crippen LogP contribution in [-0.4, -0.2) is 55.2 Å². The van der Waals surface area contributed by atoms with Gasteiger partial charge >= 0.3 is 5.97 Å². The van der Waals surface area contributed by atoms with Crippen molar-refractivity contribution in [3.8, 4) is 5.88 Å². The molecule has 7 nitrogen and oxygen atoms in total. The highest BCUT2D eigenvalue weighted by atomic mass is 127. The van der Waals surface area contributed by atoms with E-state index < -0.39 is 0 Å². The van der Waals surface area contributed by atoms with Gasteiger partial charge in [-0.15, -0.1) is 24.0 Å². The fourth-order valence-electron chi connectivity index (χ4n) is 3.77. The number of likely N-dealkylation sites (tertiary alicyclic amines) is 1. The summed E-state index contributed by atoms with van der Waals surface area (Å²) in [6.07, 6.45) is 8.54. The van der Waals surface area contributed by atoms with Crippen LogP contribution in [0.1, 0.15) is 44.1 Å². The van der Waals surface area contributed by atoms with Crippen LogP contribution < -0.4 is 10.1 Å². The lowest BCUT2D eigenvalue weighted by Gasteiger charge is -2.33. The van der Waals surface area contributed by atoms with Crippen molar-refractivity contribution in [2.75, 3.05) is 27.2 Å². The average Bonchev–Trinajstić information content (AvgIpc) is 3.22. The van der Waals surface area contributed by atoms with Gasteiger partial charge in [0.1, 0.15) is 6.10 Å². The van der Waals surface area contributed by atoms with E-state index >= 15 is 0 Å². The number of aromatic nitrogens is 1. The van der Waals surface area contributed by atoms with Crippen molar-refractivity contribution >= 4 is 35.9 Å². The monoisotopic (exact) mass is 502 g/mol. The molecular formula is C20H31IN4O3. The third kappa shape index (κ3) is 6.22. The predicted molar refractivity (Wildman–Crippen MR) is 119 cm³/mol. The summed E-state index contributed by atoms with van der Waals surface area (Å²) < 4.78 is 10.8. The van der Waals surface area contributed by atoms with Crippen LogP contribution in [0.15, 0.2) is 23.3 Å². The lowest BCUT2D eigenvalue weighted by molar-refractivity contribution is -0.146. The number of carbonyl (C=O) groups excluding carboxylic acids is 1. The molecule has 3 rings (SSSR count). The van der Waals surface area contributed by atoms with Gasteiger partial charge in [-0.05, 0) is 44.1 Å². The van der Waals surface area contributed by atoms with E-state index in [0.717, 1.165) is 50.3 Å². The fourth-order valence-corrected chi connectivity index (χ4v) is 3.77. The van der Waals surface area contributed by atoms with Gasteiger partial charge in [0, 0.05) is 38.9 Å². The Bertz CT molecular complexity index is 639. The molecule has 0 spiro atoms. The van der Waals surface area contributed by atoms with Crippen molar-refractivity contribution < 1.29 is 14.3 Å². The molecule has 0 bridgehead atoms. The summed E-state index contributed by atoms with van der Waals surface area (Å²) in [5, 5.41) is 3.38. The van der Waals surface area contributed by atoms with Crippen molar-refractivity contribution in [3.63, 3.8) is 0 Å². The number of pyridine rings is 1. The predicted octanol–water partition coefficient (Wildman–Crippen LogP) is 2.98. The molecule has 0 amide bonds. The van der Waals surface area contributed by atoms with Gasteiger partial charge in [-0.1, -0.05) is 6.07 Å². The minimum Gasteiger partial charge on any atom is -0.474 e. The SMILES string of the molecule is CN=C(NCc1ccc(OC2CCCC2)nc1)N1CCC(C(=O)OC)CC1.I. The number of ether oxygens (including phenoxy) is 2. The lowest BCUT2D eigenvalue weighted by atomic mass is 9.97. The molecule has 1 aromatic heterocycles. The highest BCUT2D eigenvalue weighted by Crippen LogP contribution is 2.23. The lowest BCUT2D eigenvalue weighted by Crippen LogP contribution is -2.46. The third-order valence-corrected chi connectivity index (χ3v) is 5.38. The van der Waals surface area contributed by atoms with Gasteiger partial charge in [0.2, 0.25) is 5.88 Å². The van der Waals surface area contributed by atoms with Crippen molar-refractivity contribution in [2.45, 2.75) is 51.2 Å². The van der Waals surface area contributed by atoms with Crippen LogP contribution in [0.25, 0.3) is 0 Å². The summed E-state index contributed by atoms with van der Waals surface area (Å²) in [5.41, 5.74) is 1.08. The minimum absolute atomic E-state index is 0. The van der Waals surface area contributed by atoms with Gasteiger partial charge in [0.05, 0.1) is 13.0 Å². The molecule has 1 aliphatic heterocycles. The highest BCUT2D eigenvalue weighted by Gasteiger charge is 2.26. The van der Waals surface area contributed by atoms with Crippen LogP contribution in [0.2, 0.25) is 0 Å². The molecule has 2 heterocycles. The Kier molecular flexibility index (Phi) is 9.27. The van der Waals surface area contributed by atoms with Crippen LogP contribution in [-0.2, 0) is 16.1 Å². The summed E-state index contributed by atoms with van der Waals surface area (Å²) in [6, 6.07) is 3.99. The molecular weight excluding hydrogens is 471 g/mol. The second-order valence-corrected chi connectivity index (χ2v) is 7.21. The molecule has 1 saturated heterocycles. The molecule has 0 atom stereocenters. The minimum atomic E-state index is -0.108. The molecule has 0 aromatic carbocycles. The number of esters is 1. The first-order chi connectivity index (χ1) is 13.2. The number of hydrogen-bond donors (Lipinski definition) is 1. The zero-order valence-corrected chi connectivity index (χ0v) is 19.1. The zero-order chi connectivity index (χ0) is 19.1. The van der Waals surface area contributed by atoms with E-state index in [-0.39, 0.29) is 35.9 Å². The molecule has 1 N–H and O–H groups in total. The van der Waals surface area contributed by atoms with Crippen molar-refractivity contribution in [1.82, 2.24) is 15.2 Å². The largest absolute Gasteiger partial charge is 0.474 e. The summed E-state index contributed by atoms with van der Waals surface area (Å²) >= 11 is 0. The molecule has 0 unspecified atom stereocenters. The van der Waals surface area contributed by atoms with E-state index in [1.165, 1.54) is 20.0 Å². The Morgan fingerprint density at radius 1 is 1.25 bits per heavy atom. The Morgan fingerprint density at radius 3 is 2.54 bits per heavy atom. The van der Waals surface area contributed by atoms with Crippen molar-refractivity contribution in [3.05, 3.63) is 23.9 Å². The molecule has 2 aliphatic rings. The molecule has 1 saturated carbocycles. The fraction of sp³-hybridized carbons (Fsp3) is 0.650. The number of nitrogens with one attached hydrogen (secondary N) is 1. The van der Waals surface area contributed by atoms with Gasteiger partial charge in [-0.2, -0.15) is 0 Å². The zero-order valence-electron chi connectivity index (χ0n) is 16.7. The normalized spacial score (nSPS) is 18.5. The summed E-state index contributed by atoms with van der Waals surface area (Å²) in [4.78, 5) is 22.6. The second-order valence-electron chi connectivity index (χ2n) is 7.21. The second kappa shape index (κ2) is 11.4. The summed E-state index contributed by atoms with van der Waals surface area (Å²) in [6.45, 7) is 2.25. The van der Waals surface area contributed by atoms with E-state index in [2.05, 4.69) is 20.2 Å². The quantitative estimate of drug-likeness (QED) is 0.289.